The number of aromatic nitrogens is 2. The summed E-state index contributed by atoms with van der Waals surface area (Å²) in [6.45, 7) is 1.97. The number of rotatable bonds is 8. The topological polar surface area (TPSA) is 137 Å². The molecule has 0 fully saturated rings. The molecule has 3 rings (SSSR count). The Bertz CT molecular complexity index is 1340. The van der Waals surface area contributed by atoms with Gasteiger partial charge >= 0.3 is 0 Å². The lowest BCUT2D eigenvalue weighted by Gasteiger charge is -2.21. The largest absolute Gasteiger partial charge is 0.308 e. The summed E-state index contributed by atoms with van der Waals surface area (Å²) in [5, 5.41) is 28.7. The first kappa shape index (κ1) is 22.9. The molecule has 0 atom stereocenters. The van der Waals surface area contributed by atoms with E-state index in [0.29, 0.717) is 28.8 Å². The normalized spacial score (nSPS) is 11.8. The van der Waals surface area contributed by atoms with Gasteiger partial charge in [0.25, 0.3) is 15.7 Å². The van der Waals surface area contributed by atoms with E-state index in [1.54, 1.807) is 48.8 Å². The summed E-state index contributed by atoms with van der Waals surface area (Å²) in [7, 11) is -0.591. The maximum atomic E-state index is 13.4. The Balaban J connectivity index is 2.05. The zero-order chi connectivity index (χ0) is 23.5. The minimum absolute atomic E-state index is 0.0244. The van der Waals surface area contributed by atoms with Crippen LogP contribution in [-0.2, 0) is 10.0 Å². The molecule has 0 unspecified atom stereocenters. The number of hydrogen-bond donors (Lipinski definition) is 0. The van der Waals surface area contributed by atoms with Crippen LogP contribution in [0.3, 0.4) is 0 Å². The first-order chi connectivity index (χ1) is 15.1. The molecule has 11 nitrogen and oxygen atoms in total. The molecule has 0 aliphatic carbocycles. The van der Waals surface area contributed by atoms with Crippen LogP contribution in [0, 0.1) is 28.4 Å². The Labute approximate surface area is 185 Å². The lowest BCUT2D eigenvalue weighted by Crippen LogP contribution is -2.33. The number of sulfonamides is 1. The van der Waals surface area contributed by atoms with Crippen molar-refractivity contribution in [1.82, 2.24) is 18.9 Å². The van der Waals surface area contributed by atoms with Gasteiger partial charge in [0.2, 0.25) is 0 Å². The Morgan fingerprint density at radius 3 is 2.69 bits per heavy atom. The smallest absolute Gasteiger partial charge is 0.279 e. The van der Waals surface area contributed by atoms with E-state index in [-0.39, 0.29) is 17.1 Å². The number of nitrogens with zero attached hydrogens (tertiary/aromatic N) is 7. The maximum absolute atomic E-state index is 13.4. The average molecular weight is 456 g/mol. The standard InChI is InChI=1S/C20H21N7O4S/c1-15-4-5-18(27(28)29)11-20(15)32(30,31)26(9-8-24(2)3)23-14-17-13-22-25-7-6-16(12-21)10-19(17)25/h4-7,10-11,13-14H,8-9H2,1-3H3. The second-order valence-corrected chi connectivity index (χ2v) is 9.07. The molecule has 0 spiro atoms. The monoisotopic (exact) mass is 455 g/mol. The zero-order valence-electron chi connectivity index (χ0n) is 17.7. The number of non-ortho nitro benzene ring substituents is 1. The van der Waals surface area contributed by atoms with Crippen LogP contribution in [0.2, 0.25) is 0 Å². The van der Waals surface area contributed by atoms with Crippen molar-refractivity contribution < 1.29 is 13.3 Å². The van der Waals surface area contributed by atoms with E-state index in [4.69, 9.17) is 5.26 Å². The molecule has 0 saturated heterocycles. The van der Waals surface area contributed by atoms with E-state index >= 15 is 0 Å². The predicted molar refractivity (Wildman–Crippen MR) is 118 cm³/mol. The van der Waals surface area contributed by atoms with Gasteiger partial charge in [0.15, 0.2) is 0 Å². The lowest BCUT2D eigenvalue weighted by atomic mass is 10.2. The molecular weight excluding hydrogens is 434 g/mol. The van der Waals surface area contributed by atoms with Gasteiger partial charge < -0.3 is 4.90 Å². The molecule has 0 radical (unpaired) electrons. The molecule has 2 heterocycles. The van der Waals surface area contributed by atoms with Crippen molar-refractivity contribution in [2.45, 2.75) is 11.8 Å². The van der Waals surface area contributed by atoms with E-state index in [1.807, 2.05) is 6.07 Å². The minimum Gasteiger partial charge on any atom is -0.308 e. The third-order valence-electron chi connectivity index (χ3n) is 4.68. The summed E-state index contributed by atoms with van der Waals surface area (Å²) in [6, 6.07) is 8.97. The first-order valence-corrected chi connectivity index (χ1v) is 10.9. The summed E-state index contributed by atoms with van der Waals surface area (Å²) in [5.74, 6) is 0. The number of nitriles is 1. The fourth-order valence-corrected chi connectivity index (χ4v) is 4.38. The van der Waals surface area contributed by atoms with Crippen LogP contribution in [0.1, 0.15) is 16.7 Å². The zero-order valence-corrected chi connectivity index (χ0v) is 18.5. The SMILES string of the molecule is Cc1ccc([N+](=O)[O-])cc1S(=O)(=O)N(CCN(C)C)N=Cc1cnn2ccc(C#N)cc12. The number of hydrazone groups is 1. The maximum Gasteiger partial charge on any atom is 0.279 e. The third-order valence-corrected chi connectivity index (χ3v) is 6.51. The van der Waals surface area contributed by atoms with Crippen molar-refractivity contribution >= 4 is 27.4 Å². The number of nitro groups is 1. The molecule has 0 aliphatic rings. The summed E-state index contributed by atoms with van der Waals surface area (Å²) in [4.78, 5) is 12.1. The van der Waals surface area contributed by atoms with Gasteiger partial charge in [0.1, 0.15) is 0 Å². The molecule has 12 heteroatoms. The third kappa shape index (κ3) is 4.74. The highest BCUT2D eigenvalue weighted by molar-refractivity contribution is 7.89. The average Bonchev–Trinajstić information content (AvgIpc) is 3.15. The molecule has 2 aromatic heterocycles. The molecule has 0 aliphatic heterocycles. The molecule has 166 valence electrons. The van der Waals surface area contributed by atoms with E-state index in [2.05, 4.69) is 10.2 Å². The van der Waals surface area contributed by atoms with Crippen molar-refractivity contribution in [1.29, 1.82) is 5.26 Å². The molecule has 3 aromatic rings. The van der Waals surface area contributed by atoms with E-state index < -0.39 is 14.9 Å². The summed E-state index contributed by atoms with van der Waals surface area (Å²) < 4.78 is 29.2. The van der Waals surface area contributed by atoms with Gasteiger partial charge in [-0.15, -0.1) is 0 Å². The number of likely N-dealkylation sites (N-methyl/N-ethyl adjacent to an activating group) is 1. The van der Waals surface area contributed by atoms with Crippen molar-refractivity contribution in [2.75, 3.05) is 27.2 Å². The van der Waals surface area contributed by atoms with Gasteiger partial charge in [-0.2, -0.15) is 28.3 Å². The first-order valence-electron chi connectivity index (χ1n) is 9.47. The number of hydrogen-bond acceptors (Lipinski definition) is 8. The Hall–Kier alpha value is -3.82. The quantitative estimate of drug-likeness (QED) is 0.288. The van der Waals surface area contributed by atoms with Crippen LogP contribution < -0.4 is 0 Å². The molecule has 0 N–H and O–H groups in total. The van der Waals surface area contributed by atoms with Gasteiger partial charge in [0.05, 0.1) is 45.9 Å². The minimum atomic E-state index is -4.18. The van der Waals surface area contributed by atoms with Crippen molar-refractivity contribution in [3.05, 3.63) is 69.5 Å². The highest BCUT2D eigenvalue weighted by Gasteiger charge is 2.27. The van der Waals surface area contributed by atoms with Crippen LogP contribution in [-0.4, -0.2) is 65.7 Å². The Morgan fingerprint density at radius 2 is 2.03 bits per heavy atom. The number of fused-ring (bicyclic) bond motifs is 1. The molecule has 0 amide bonds. The van der Waals surface area contributed by atoms with Crippen molar-refractivity contribution in [3.8, 4) is 6.07 Å². The lowest BCUT2D eigenvalue weighted by molar-refractivity contribution is -0.385. The fourth-order valence-electron chi connectivity index (χ4n) is 2.91. The molecule has 1 aromatic carbocycles. The number of aryl methyl sites for hydroxylation is 1. The molecule has 32 heavy (non-hydrogen) atoms. The number of nitro benzene ring substituents is 1. The summed E-state index contributed by atoms with van der Waals surface area (Å²) >= 11 is 0. The Morgan fingerprint density at radius 1 is 1.28 bits per heavy atom. The van der Waals surface area contributed by atoms with Gasteiger partial charge in [-0.1, -0.05) is 6.07 Å². The summed E-state index contributed by atoms with van der Waals surface area (Å²) in [6.07, 6.45) is 4.48. The highest BCUT2D eigenvalue weighted by Crippen LogP contribution is 2.25. The predicted octanol–water partition coefficient (Wildman–Crippen LogP) is 2.01. The van der Waals surface area contributed by atoms with Crippen LogP contribution in [0.5, 0.6) is 0 Å². The van der Waals surface area contributed by atoms with Crippen molar-refractivity contribution in [3.63, 3.8) is 0 Å². The van der Waals surface area contributed by atoms with Crippen LogP contribution in [0.4, 0.5) is 5.69 Å². The Kier molecular flexibility index (Phi) is 6.52. The molecular formula is C20H21N7O4S. The second kappa shape index (κ2) is 9.13. The molecule has 0 bridgehead atoms. The summed E-state index contributed by atoms with van der Waals surface area (Å²) in [5.41, 5.74) is 1.58. The van der Waals surface area contributed by atoms with Gasteiger partial charge in [-0.05, 0) is 38.7 Å². The number of benzene rings is 1. The second-order valence-electron chi connectivity index (χ2n) is 7.26. The van der Waals surface area contributed by atoms with Crippen molar-refractivity contribution in [2.24, 2.45) is 5.10 Å². The van der Waals surface area contributed by atoms with E-state index in [1.165, 1.54) is 24.5 Å². The van der Waals surface area contributed by atoms with Gasteiger partial charge in [-0.3, -0.25) is 10.1 Å². The van der Waals surface area contributed by atoms with Gasteiger partial charge in [0, 0.05) is 30.4 Å². The van der Waals surface area contributed by atoms with E-state index in [0.717, 1.165) is 10.5 Å². The molecule has 0 saturated carbocycles. The van der Waals surface area contributed by atoms with Crippen LogP contribution in [0.15, 0.2) is 52.7 Å². The fraction of sp³-hybridized carbons (Fsp3) is 0.250. The van der Waals surface area contributed by atoms with Crippen LogP contribution in [0.25, 0.3) is 5.52 Å². The number of pyridine rings is 1. The van der Waals surface area contributed by atoms with E-state index in [9.17, 15) is 18.5 Å². The van der Waals surface area contributed by atoms with Crippen LogP contribution >= 0.6 is 0 Å². The van der Waals surface area contributed by atoms with Gasteiger partial charge in [-0.25, -0.2) is 4.52 Å². The highest BCUT2D eigenvalue weighted by atomic mass is 32.2.